The summed E-state index contributed by atoms with van der Waals surface area (Å²) in [6, 6.07) is 6.59. The summed E-state index contributed by atoms with van der Waals surface area (Å²) < 4.78 is 4.59. The molecule has 1 unspecified atom stereocenters. The Labute approximate surface area is 104 Å². The highest BCUT2D eigenvalue weighted by atomic mass is 16.5. The van der Waals surface area contributed by atoms with E-state index in [1.54, 1.807) is 31.2 Å². The van der Waals surface area contributed by atoms with Crippen molar-refractivity contribution in [2.75, 3.05) is 10.6 Å². The molecule has 1 aromatic heterocycles. The van der Waals surface area contributed by atoms with E-state index in [2.05, 4.69) is 20.3 Å². The van der Waals surface area contributed by atoms with Crippen LogP contribution in [0, 0.1) is 0 Å². The minimum absolute atomic E-state index is 0.402. The lowest BCUT2D eigenvalue weighted by atomic mass is 10.1. The summed E-state index contributed by atoms with van der Waals surface area (Å²) >= 11 is 0. The van der Waals surface area contributed by atoms with Crippen LogP contribution in [0.25, 0.3) is 0 Å². The van der Waals surface area contributed by atoms with Crippen LogP contribution in [0.3, 0.4) is 0 Å². The van der Waals surface area contributed by atoms with E-state index >= 15 is 0 Å². The minimum atomic E-state index is -0.576. The molecule has 0 aliphatic rings. The predicted molar refractivity (Wildman–Crippen MR) is 66.2 cm³/mol. The molecule has 1 heterocycles. The molecule has 0 saturated carbocycles. The van der Waals surface area contributed by atoms with Gasteiger partial charge < -0.3 is 20.3 Å². The molecular formula is C12H13N3O3. The summed E-state index contributed by atoms with van der Waals surface area (Å²) in [7, 11) is 0. The molecule has 0 radical (unpaired) electrons. The number of aliphatic hydroxyl groups is 1. The SMILES string of the molecule is CC(O)c1cccc(NC(=O)Nc2cnoc2)c1. The maximum atomic E-state index is 11.6. The molecule has 18 heavy (non-hydrogen) atoms. The quantitative estimate of drug-likeness (QED) is 0.777. The molecule has 2 aromatic rings. The van der Waals surface area contributed by atoms with Crippen LogP contribution in [0.1, 0.15) is 18.6 Å². The monoisotopic (exact) mass is 247 g/mol. The van der Waals surface area contributed by atoms with Crippen molar-refractivity contribution in [1.29, 1.82) is 0 Å². The minimum Gasteiger partial charge on any atom is -0.389 e. The van der Waals surface area contributed by atoms with Crippen LogP contribution in [-0.4, -0.2) is 16.3 Å². The maximum Gasteiger partial charge on any atom is 0.323 e. The number of amides is 2. The first-order valence-corrected chi connectivity index (χ1v) is 5.40. The van der Waals surface area contributed by atoms with Crippen LogP contribution in [0.2, 0.25) is 0 Å². The van der Waals surface area contributed by atoms with Crippen LogP contribution in [0.5, 0.6) is 0 Å². The fraction of sp³-hybridized carbons (Fsp3) is 0.167. The Morgan fingerprint density at radius 1 is 1.39 bits per heavy atom. The fourth-order valence-corrected chi connectivity index (χ4v) is 1.44. The van der Waals surface area contributed by atoms with Gasteiger partial charge in [-0.05, 0) is 24.6 Å². The van der Waals surface area contributed by atoms with Gasteiger partial charge in [0.25, 0.3) is 0 Å². The van der Waals surface area contributed by atoms with Gasteiger partial charge in [-0.25, -0.2) is 4.79 Å². The van der Waals surface area contributed by atoms with E-state index in [0.29, 0.717) is 11.4 Å². The number of anilines is 2. The third-order valence-electron chi connectivity index (χ3n) is 2.32. The third kappa shape index (κ3) is 3.08. The van der Waals surface area contributed by atoms with Crippen molar-refractivity contribution >= 4 is 17.4 Å². The zero-order valence-electron chi connectivity index (χ0n) is 9.75. The molecule has 2 rings (SSSR count). The molecule has 1 atom stereocenters. The average molecular weight is 247 g/mol. The van der Waals surface area contributed by atoms with Crippen molar-refractivity contribution in [3.8, 4) is 0 Å². The lowest BCUT2D eigenvalue weighted by Crippen LogP contribution is -2.19. The third-order valence-corrected chi connectivity index (χ3v) is 2.32. The molecule has 3 N–H and O–H groups in total. The van der Waals surface area contributed by atoms with Crippen LogP contribution < -0.4 is 10.6 Å². The van der Waals surface area contributed by atoms with Gasteiger partial charge in [-0.1, -0.05) is 17.3 Å². The summed E-state index contributed by atoms with van der Waals surface area (Å²) in [5.41, 5.74) is 1.80. The standard InChI is InChI=1S/C12H13N3O3/c1-8(16)9-3-2-4-10(5-9)14-12(17)15-11-6-13-18-7-11/h2-8,16H,1H3,(H2,14,15,17). The summed E-state index contributed by atoms with van der Waals surface area (Å²) in [5.74, 6) is 0. The Balaban J connectivity index is 2.00. The molecule has 0 aliphatic carbocycles. The summed E-state index contributed by atoms with van der Waals surface area (Å²) in [4.78, 5) is 11.6. The number of aromatic nitrogens is 1. The second kappa shape index (κ2) is 5.33. The van der Waals surface area contributed by atoms with E-state index in [0.717, 1.165) is 5.56 Å². The Morgan fingerprint density at radius 2 is 2.17 bits per heavy atom. The fourth-order valence-electron chi connectivity index (χ4n) is 1.44. The van der Waals surface area contributed by atoms with Crippen LogP contribution in [0.4, 0.5) is 16.2 Å². The maximum absolute atomic E-state index is 11.6. The zero-order chi connectivity index (χ0) is 13.0. The molecule has 0 aliphatic heterocycles. The van der Waals surface area contributed by atoms with Crippen molar-refractivity contribution in [1.82, 2.24) is 5.16 Å². The summed E-state index contributed by atoms with van der Waals surface area (Å²) in [6.45, 7) is 1.66. The molecule has 0 spiro atoms. The van der Waals surface area contributed by atoms with E-state index in [9.17, 15) is 9.90 Å². The Kier molecular flexibility index (Phi) is 3.59. The molecular weight excluding hydrogens is 234 g/mol. The first kappa shape index (κ1) is 12.1. The smallest absolute Gasteiger partial charge is 0.323 e. The molecule has 94 valence electrons. The van der Waals surface area contributed by atoms with Gasteiger partial charge in [0, 0.05) is 5.69 Å². The largest absolute Gasteiger partial charge is 0.389 e. The van der Waals surface area contributed by atoms with E-state index < -0.39 is 12.1 Å². The first-order valence-electron chi connectivity index (χ1n) is 5.40. The summed E-state index contributed by atoms with van der Waals surface area (Å²) in [6.07, 6.45) is 2.14. The highest BCUT2D eigenvalue weighted by molar-refractivity contribution is 5.99. The van der Waals surface area contributed by atoms with Gasteiger partial charge in [-0.2, -0.15) is 0 Å². The number of hydrogen-bond donors (Lipinski definition) is 3. The van der Waals surface area contributed by atoms with Gasteiger partial charge in [-0.15, -0.1) is 0 Å². The Hall–Kier alpha value is -2.34. The number of urea groups is 1. The van der Waals surface area contributed by atoms with E-state index in [1.807, 2.05) is 0 Å². The van der Waals surface area contributed by atoms with Crippen molar-refractivity contribution in [2.45, 2.75) is 13.0 Å². The number of hydrogen-bond acceptors (Lipinski definition) is 4. The highest BCUT2D eigenvalue weighted by Crippen LogP contribution is 2.17. The lowest BCUT2D eigenvalue weighted by Gasteiger charge is -2.09. The predicted octanol–water partition coefficient (Wildman–Crippen LogP) is 2.37. The zero-order valence-corrected chi connectivity index (χ0v) is 9.75. The number of aliphatic hydroxyl groups excluding tert-OH is 1. The van der Waals surface area contributed by atoms with Crippen LogP contribution in [-0.2, 0) is 0 Å². The molecule has 0 saturated heterocycles. The van der Waals surface area contributed by atoms with E-state index in [1.165, 1.54) is 12.5 Å². The number of nitrogens with one attached hydrogen (secondary N) is 2. The van der Waals surface area contributed by atoms with E-state index in [4.69, 9.17) is 0 Å². The topological polar surface area (TPSA) is 87.4 Å². The molecule has 2 amide bonds. The van der Waals surface area contributed by atoms with Crippen molar-refractivity contribution in [3.05, 3.63) is 42.3 Å². The van der Waals surface area contributed by atoms with Crippen LogP contribution >= 0.6 is 0 Å². The van der Waals surface area contributed by atoms with Gasteiger partial charge in [0.15, 0.2) is 0 Å². The van der Waals surface area contributed by atoms with Crippen molar-refractivity contribution in [2.24, 2.45) is 0 Å². The van der Waals surface area contributed by atoms with Crippen molar-refractivity contribution < 1.29 is 14.4 Å². The second-order valence-corrected chi connectivity index (χ2v) is 3.79. The van der Waals surface area contributed by atoms with Gasteiger partial charge in [-0.3, -0.25) is 0 Å². The van der Waals surface area contributed by atoms with E-state index in [-0.39, 0.29) is 0 Å². The Bertz CT molecular complexity index is 523. The molecule has 1 aromatic carbocycles. The van der Waals surface area contributed by atoms with Gasteiger partial charge in [0.05, 0.1) is 12.3 Å². The number of benzene rings is 1. The van der Waals surface area contributed by atoms with Gasteiger partial charge >= 0.3 is 6.03 Å². The van der Waals surface area contributed by atoms with Crippen molar-refractivity contribution in [3.63, 3.8) is 0 Å². The molecule has 0 fully saturated rings. The number of rotatable bonds is 3. The first-order chi connectivity index (χ1) is 8.65. The average Bonchev–Trinajstić information content (AvgIpc) is 2.82. The van der Waals surface area contributed by atoms with Crippen LogP contribution in [0.15, 0.2) is 41.2 Å². The highest BCUT2D eigenvalue weighted by Gasteiger charge is 2.06. The summed E-state index contributed by atoms with van der Waals surface area (Å²) in [5, 5.41) is 18.1. The molecule has 6 nitrogen and oxygen atoms in total. The number of nitrogens with zero attached hydrogens (tertiary/aromatic N) is 1. The lowest BCUT2D eigenvalue weighted by molar-refractivity contribution is 0.199. The van der Waals surface area contributed by atoms with Gasteiger partial charge in [0.2, 0.25) is 0 Å². The number of carbonyl (C=O) groups is 1. The number of carbonyl (C=O) groups excluding carboxylic acids is 1. The molecule has 0 bridgehead atoms. The second-order valence-electron chi connectivity index (χ2n) is 3.79. The normalized spacial score (nSPS) is 11.9. The van der Waals surface area contributed by atoms with Gasteiger partial charge in [0.1, 0.15) is 12.0 Å². The Morgan fingerprint density at radius 3 is 2.83 bits per heavy atom. The molecule has 6 heteroatoms.